The minimum Gasteiger partial charge on any atom is -0.333 e. The maximum Gasteiger partial charge on any atom is 0.273 e. The van der Waals surface area contributed by atoms with Crippen LogP contribution in [0.15, 0.2) is 35.0 Å². The second-order valence-corrected chi connectivity index (χ2v) is 4.20. The van der Waals surface area contributed by atoms with Gasteiger partial charge >= 0.3 is 0 Å². The second-order valence-electron chi connectivity index (χ2n) is 3.35. The van der Waals surface area contributed by atoms with E-state index in [4.69, 9.17) is 0 Å². The summed E-state index contributed by atoms with van der Waals surface area (Å²) in [5, 5.41) is 0. The number of pyridine rings is 1. The summed E-state index contributed by atoms with van der Waals surface area (Å²) in [7, 11) is 0. The van der Waals surface area contributed by atoms with Gasteiger partial charge in [0, 0.05) is 23.8 Å². The standard InChI is InChI=1S/C11H11BrN2O/c12-9-5-4-6-13-10(9)11(15)14-7-2-1-3-8-14/h1-2,4-6H,3,7-8H2. The van der Waals surface area contributed by atoms with Crippen molar-refractivity contribution in [3.63, 3.8) is 0 Å². The van der Waals surface area contributed by atoms with Gasteiger partial charge in [0.25, 0.3) is 5.91 Å². The first-order valence-corrected chi connectivity index (χ1v) is 5.63. The molecule has 1 aliphatic rings. The third-order valence-electron chi connectivity index (χ3n) is 2.31. The lowest BCUT2D eigenvalue weighted by atomic mass is 10.2. The van der Waals surface area contributed by atoms with Crippen molar-refractivity contribution in [3.8, 4) is 0 Å². The van der Waals surface area contributed by atoms with Crippen molar-refractivity contribution in [2.75, 3.05) is 13.1 Å². The van der Waals surface area contributed by atoms with Crippen LogP contribution in [0.5, 0.6) is 0 Å². The molecule has 2 rings (SSSR count). The van der Waals surface area contributed by atoms with Crippen molar-refractivity contribution in [2.45, 2.75) is 6.42 Å². The van der Waals surface area contributed by atoms with Crippen molar-refractivity contribution >= 4 is 21.8 Å². The molecule has 0 bridgehead atoms. The van der Waals surface area contributed by atoms with Crippen LogP contribution in [0.2, 0.25) is 0 Å². The number of hydrogen-bond donors (Lipinski definition) is 0. The van der Waals surface area contributed by atoms with Crippen molar-refractivity contribution in [2.24, 2.45) is 0 Å². The van der Waals surface area contributed by atoms with Crippen LogP contribution in [0, 0.1) is 0 Å². The van der Waals surface area contributed by atoms with Gasteiger partial charge in [0.1, 0.15) is 5.69 Å². The summed E-state index contributed by atoms with van der Waals surface area (Å²) >= 11 is 3.34. The first-order chi connectivity index (χ1) is 7.29. The summed E-state index contributed by atoms with van der Waals surface area (Å²) in [4.78, 5) is 17.9. The Morgan fingerprint density at radius 1 is 1.47 bits per heavy atom. The first kappa shape index (κ1) is 10.4. The summed E-state index contributed by atoms with van der Waals surface area (Å²) in [6.45, 7) is 1.46. The molecule has 1 aromatic rings. The molecule has 4 heteroatoms. The molecule has 0 radical (unpaired) electrons. The highest BCUT2D eigenvalue weighted by Gasteiger charge is 2.18. The zero-order chi connectivity index (χ0) is 10.7. The minimum absolute atomic E-state index is 0.00757. The maximum atomic E-state index is 12.0. The van der Waals surface area contributed by atoms with Crippen LogP contribution in [-0.2, 0) is 0 Å². The molecule has 78 valence electrons. The Labute approximate surface area is 96.9 Å². The quantitative estimate of drug-likeness (QED) is 0.731. The molecule has 15 heavy (non-hydrogen) atoms. The summed E-state index contributed by atoms with van der Waals surface area (Å²) in [5.41, 5.74) is 0.493. The molecule has 0 saturated heterocycles. The van der Waals surface area contributed by atoms with E-state index in [1.54, 1.807) is 17.2 Å². The third-order valence-corrected chi connectivity index (χ3v) is 2.95. The van der Waals surface area contributed by atoms with Crippen molar-refractivity contribution in [1.82, 2.24) is 9.88 Å². The van der Waals surface area contributed by atoms with Gasteiger partial charge < -0.3 is 4.90 Å². The van der Waals surface area contributed by atoms with Crippen LogP contribution in [0.3, 0.4) is 0 Å². The summed E-state index contributed by atoms with van der Waals surface area (Å²) in [5.74, 6) is -0.00757. The van der Waals surface area contributed by atoms with E-state index in [1.807, 2.05) is 12.1 Å². The summed E-state index contributed by atoms with van der Waals surface area (Å²) < 4.78 is 0.754. The second kappa shape index (κ2) is 4.57. The molecule has 0 saturated carbocycles. The predicted molar refractivity (Wildman–Crippen MR) is 61.6 cm³/mol. The van der Waals surface area contributed by atoms with Crippen LogP contribution in [0.4, 0.5) is 0 Å². The number of hydrogen-bond acceptors (Lipinski definition) is 2. The molecular weight excluding hydrogens is 256 g/mol. The van der Waals surface area contributed by atoms with Gasteiger partial charge in [0.15, 0.2) is 0 Å². The smallest absolute Gasteiger partial charge is 0.273 e. The SMILES string of the molecule is O=C(c1ncccc1Br)N1CC=CCC1. The Hall–Kier alpha value is -1.16. The highest BCUT2D eigenvalue weighted by Crippen LogP contribution is 2.16. The Morgan fingerprint density at radius 2 is 2.33 bits per heavy atom. The molecule has 0 fully saturated rings. The first-order valence-electron chi connectivity index (χ1n) is 4.84. The van der Waals surface area contributed by atoms with Gasteiger partial charge in [-0.1, -0.05) is 12.2 Å². The highest BCUT2D eigenvalue weighted by atomic mass is 79.9. The van der Waals surface area contributed by atoms with Crippen LogP contribution in [0.1, 0.15) is 16.9 Å². The monoisotopic (exact) mass is 266 g/mol. The van der Waals surface area contributed by atoms with Gasteiger partial charge in [-0.2, -0.15) is 0 Å². The molecule has 1 aromatic heterocycles. The number of carbonyl (C=O) groups is 1. The number of nitrogens with zero attached hydrogens (tertiary/aromatic N) is 2. The normalized spacial score (nSPS) is 15.4. The molecule has 0 unspecified atom stereocenters. The zero-order valence-electron chi connectivity index (χ0n) is 8.19. The average Bonchev–Trinajstić information content (AvgIpc) is 2.30. The van der Waals surface area contributed by atoms with Crippen LogP contribution >= 0.6 is 15.9 Å². The van der Waals surface area contributed by atoms with Crippen LogP contribution in [0.25, 0.3) is 0 Å². The molecule has 0 aliphatic carbocycles. The van der Waals surface area contributed by atoms with E-state index in [-0.39, 0.29) is 5.91 Å². The average molecular weight is 267 g/mol. The molecule has 1 amide bonds. The zero-order valence-corrected chi connectivity index (χ0v) is 9.77. The number of rotatable bonds is 1. The van der Waals surface area contributed by atoms with Gasteiger partial charge in [-0.25, -0.2) is 4.98 Å². The maximum absolute atomic E-state index is 12.0. The molecule has 0 N–H and O–H groups in total. The van der Waals surface area contributed by atoms with Gasteiger partial charge in [0.2, 0.25) is 0 Å². The number of amides is 1. The fourth-order valence-corrected chi connectivity index (χ4v) is 1.94. The van der Waals surface area contributed by atoms with Crippen molar-refractivity contribution < 1.29 is 4.79 Å². The van der Waals surface area contributed by atoms with Crippen LogP contribution in [-0.4, -0.2) is 28.9 Å². The molecule has 3 nitrogen and oxygen atoms in total. The lowest BCUT2D eigenvalue weighted by Gasteiger charge is -2.23. The summed E-state index contributed by atoms with van der Waals surface area (Å²) in [6.07, 6.45) is 6.67. The van der Waals surface area contributed by atoms with Gasteiger partial charge in [0.05, 0.1) is 0 Å². The van der Waals surface area contributed by atoms with Crippen molar-refractivity contribution in [3.05, 3.63) is 40.6 Å². The molecule has 0 aromatic carbocycles. The lowest BCUT2D eigenvalue weighted by molar-refractivity contribution is 0.0764. The Bertz CT molecular complexity index is 403. The van der Waals surface area contributed by atoms with E-state index in [0.29, 0.717) is 12.2 Å². The fourth-order valence-electron chi connectivity index (χ4n) is 1.52. The Morgan fingerprint density at radius 3 is 3.00 bits per heavy atom. The van der Waals surface area contributed by atoms with E-state index in [9.17, 15) is 4.79 Å². The largest absolute Gasteiger partial charge is 0.333 e. The number of aromatic nitrogens is 1. The fraction of sp³-hybridized carbons (Fsp3) is 0.273. The molecule has 2 heterocycles. The van der Waals surface area contributed by atoms with Gasteiger partial charge in [-0.3, -0.25) is 4.79 Å². The lowest BCUT2D eigenvalue weighted by Crippen LogP contribution is -2.34. The molecule has 0 atom stereocenters. The van der Waals surface area contributed by atoms with E-state index in [1.165, 1.54) is 0 Å². The Kier molecular flexibility index (Phi) is 3.16. The van der Waals surface area contributed by atoms with E-state index >= 15 is 0 Å². The molecular formula is C11H11BrN2O. The highest BCUT2D eigenvalue weighted by molar-refractivity contribution is 9.10. The summed E-state index contributed by atoms with van der Waals surface area (Å²) in [6, 6.07) is 3.64. The number of carbonyl (C=O) groups excluding carboxylic acids is 1. The van der Waals surface area contributed by atoms with E-state index < -0.39 is 0 Å². The Balaban J connectivity index is 2.20. The third kappa shape index (κ3) is 2.26. The van der Waals surface area contributed by atoms with E-state index in [2.05, 4.69) is 27.0 Å². The molecule has 0 spiro atoms. The van der Waals surface area contributed by atoms with Crippen LogP contribution < -0.4 is 0 Å². The van der Waals surface area contributed by atoms with Gasteiger partial charge in [-0.15, -0.1) is 0 Å². The van der Waals surface area contributed by atoms with Crippen molar-refractivity contribution in [1.29, 1.82) is 0 Å². The topological polar surface area (TPSA) is 33.2 Å². The van der Waals surface area contributed by atoms with E-state index in [0.717, 1.165) is 17.4 Å². The minimum atomic E-state index is -0.00757. The predicted octanol–water partition coefficient (Wildman–Crippen LogP) is 2.25. The number of halogens is 1. The van der Waals surface area contributed by atoms with Gasteiger partial charge in [-0.05, 0) is 34.5 Å². The molecule has 1 aliphatic heterocycles.